The van der Waals surface area contributed by atoms with E-state index in [1.807, 2.05) is 27.7 Å². The van der Waals surface area contributed by atoms with E-state index in [2.05, 4.69) is 25.8 Å². The Bertz CT molecular complexity index is 728. The highest BCUT2D eigenvalue weighted by Crippen LogP contribution is 2.31. The minimum atomic E-state index is -0.562. The molecule has 0 aliphatic rings. The minimum Gasteiger partial charge on any atom is -0.464 e. The van der Waals surface area contributed by atoms with Crippen LogP contribution < -0.4 is 5.32 Å². The smallest absolute Gasteiger partial charge is 0.357 e. The Balaban J connectivity index is 2.28. The van der Waals surface area contributed by atoms with Gasteiger partial charge >= 0.3 is 5.97 Å². The molecule has 2 atom stereocenters. The van der Waals surface area contributed by atoms with E-state index in [0.717, 1.165) is 11.3 Å². The maximum absolute atomic E-state index is 12.8. The van der Waals surface area contributed by atoms with Gasteiger partial charge in [-0.3, -0.25) is 4.79 Å². The highest BCUT2D eigenvalue weighted by atomic mass is 32.1. The van der Waals surface area contributed by atoms with Gasteiger partial charge in [-0.15, -0.1) is 16.4 Å². The number of nitrogens with one attached hydrogen (secondary N) is 1. The molecular formula is C15H22N6O3S. The number of thiazole rings is 1. The van der Waals surface area contributed by atoms with Crippen molar-refractivity contribution in [3.05, 3.63) is 16.9 Å². The molecule has 0 saturated carbocycles. The zero-order valence-corrected chi connectivity index (χ0v) is 15.7. The standard InChI is InChI=1S/C15H22N6O3S/c1-6-9(4)11(21-7-16-19-20-21)13(22)18-15-17-10(14(23)24-5)12(25-15)8(2)3/h7-9,11H,6H2,1-5H3,(H,17,18,22)/t9-,11-/m0/s1. The predicted octanol–water partition coefficient (Wildman–Crippen LogP) is 2.27. The Hall–Kier alpha value is -2.36. The molecule has 1 amide bonds. The summed E-state index contributed by atoms with van der Waals surface area (Å²) in [5.74, 6) is -0.684. The van der Waals surface area contributed by atoms with Crippen LogP contribution in [0.4, 0.5) is 5.13 Å². The first kappa shape index (κ1) is 19.0. The molecule has 2 aromatic rings. The topological polar surface area (TPSA) is 112 Å². The van der Waals surface area contributed by atoms with Gasteiger partial charge in [-0.2, -0.15) is 0 Å². The summed E-state index contributed by atoms with van der Waals surface area (Å²) in [5, 5.41) is 14.2. The molecule has 0 fully saturated rings. The lowest BCUT2D eigenvalue weighted by Crippen LogP contribution is -2.31. The average Bonchev–Trinajstić information content (AvgIpc) is 3.24. The maximum atomic E-state index is 12.8. The second kappa shape index (κ2) is 8.15. The predicted molar refractivity (Wildman–Crippen MR) is 92.5 cm³/mol. The number of esters is 1. The first-order valence-electron chi connectivity index (χ1n) is 8.01. The number of anilines is 1. The van der Waals surface area contributed by atoms with E-state index in [9.17, 15) is 9.59 Å². The molecule has 2 heterocycles. The molecule has 0 saturated heterocycles. The van der Waals surface area contributed by atoms with Crippen LogP contribution in [-0.4, -0.2) is 44.2 Å². The lowest BCUT2D eigenvalue weighted by Gasteiger charge is -2.20. The van der Waals surface area contributed by atoms with Gasteiger partial charge < -0.3 is 10.1 Å². The first-order valence-corrected chi connectivity index (χ1v) is 8.83. The second-order valence-corrected chi connectivity index (χ2v) is 7.02. The lowest BCUT2D eigenvalue weighted by atomic mass is 9.99. The number of rotatable bonds is 7. The average molecular weight is 366 g/mol. The highest BCUT2D eigenvalue weighted by molar-refractivity contribution is 7.16. The Morgan fingerprint density at radius 3 is 2.60 bits per heavy atom. The molecule has 25 heavy (non-hydrogen) atoms. The highest BCUT2D eigenvalue weighted by Gasteiger charge is 2.29. The molecule has 136 valence electrons. The number of carbonyl (C=O) groups excluding carboxylic acids is 2. The molecule has 0 aromatic carbocycles. The van der Waals surface area contributed by atoms with Crippen LogP contribution in [0.25, 0.3) is 0 Å². The number of hydrogen-bond acceptors (Lipinski definition) is 8. The molecule has 2 aromatic heterocycles. The normalized spacial score (nSPS) is 13.5. The van der Waals surface area contributed by atoms with Gasteiger partial charge in [0.2, 0.25) is 0 Å². The summed E-state index contributed by atoms with van der Waals surface area (Å²) in [6.45, 7) is 7.85. The van der Waals surface area contributed by atoms with Gasteiger partial charge in [0, 0.05) is 4.88 Å². The molecule has 0 unspecified atom stereocenters. The van der Waals surface area contributed by atoms with E-state index in [1.54, 1.807) is 0 Å². The third kappa shape index (κ3) is 4.19. The summed E-state index contributed by atoms with van der Waals surface area (Å²) < 4.78 is 6.20. The number of methoxy groups -OCH3 is 1. The van der Waals surface area contributed by atoms with Crippen LogP contribution in [0, 0.1) is 5.92 Å². The van der Waals surface area contributed by atoms with Crippen molar-refractivity contribution in [1.82, 2.24) is 25.2 Å². The van der Waals surface area contributed by atoms with Crippen LogP contribution >= 0.6 is 11.3 Å². The number of tetrazole rings is 1. The zero-order chi connectivity index (χ0) is 18.6. The van der Waals surface area contributed by atoms with Crippen molar-refractivity contribution in [2.45, 2.75) is 46.1 Å². The summed E-state index contributed by atoms with van der Waals surface area (Å²) in [5.41, 5.74) is 0.236. The Morgan fingerprint density at radius 2 is 2.08 bits per heavy atom. The fourth-order valence-corrected chi connectivity index (χ4v) is 3.32. The van der Waals surface area contributed by atoms with E-state index in [-0.39, 0.29) is 23.4 Å². The Kier molecular flexibility index (Phi) is 6.18. The van der Waals surface area contributed by atoms with Crippen molar-refractivity contribution >= 4 is 28.3 Å². The van der Waals surface area contributed by atoms with Crippen molar-refractivity contribution in [2.24, 2.45) is 5.92 Å². The van der Waals surface area contributed by atoms with Crippen molar-refractivity contribution < 1.29 is 14.3 Å². The molecule has 9 nitrogen and oxygen atoms in total. The minimum absolute atomic E-state index is 0.0214. The summed E-state index contributed by atoms with van der Waals surface area (Å²) >= 11 is 1.27. The van der Waals surface area contributed by atoms with Crippen LogP contribution in [0.2, 0.25) is 0 Å². The molecule has 0 radical (unpaired) electrons. The van der Waals surface area contributed by atoms with Crippen molar-refractivity contribution in [3.8, 4) is 0 Å². The van der Waals surface area contributed by atoms with Gasteiger partial charge in [-0.1, -0.05) is 34.1 Å². The fourth-order valence-electron chi connectivity index (χ4n) is 2.36. The third-order valence-corrected chi connectivity index (χ3v) is 5.16. The SMILES string of the molecule is CC[C@H](C)[C@@H](C(=O)Nc1nc(C(=O)OC)c(C(C)C)s1)n1cnnn1. The molecular weight excluding hydrogens is 344 g/mol. The number of ether oxygens (including phenoxy) is 1. The van der Waals surface area contributed by atoms with Gasteiger partial charge in [-0.05, 0) is 22.3 Å². The largest absolute Gasteiger partial charge is 0.464 e. The number of carbonyl (C=O) groups is 2. The van der Waals surface area contributed by atoms with E-state index >= 15 is 0 Å². The van der Waals surface area contributed by atoms with E-state index in [0.29, 0.717) is 5.13 Å². The molecule has 1 N–H and O–H groups in total. The van der Waals surface area contributed by atoms with Crippen molar-refractivity contribution in [1.29, 1.82) is 0 Å². The van der Waals surface area contributed by atoms with Crippen molar-refractivity contribution in [2.75, 3.05) is 12.4 Å². The summed E-state index contributed by atoms with van der Waals surface area (Å²) in [4.78, 5) is 29.7. The van der Waals surface area contributed by atoms with E-state index in [1.165, 1.54) is 29.5 Å². The van der Waals surface area contributed by atoms with Crippen molar-refractivity contribution in [3.63, 3.8) is 0 Å². The van der Waals surface area contributed by atoms with Gasteiger partial charge in [0.15, 0.2) is 10.8 Å². The molecule has 2 rings (SSSR count). The van der Waals surface area contributed by atoms with Crippen LogP contribution in [0.3, 0.4) is 0 Å². The van der Waals surface area contributed by atoms with E-state index in [4.69, 9.17) is 4.74 Å². The Labute approximate surface area is 149 Å². The molecule has 0 aliphatic carbocycles. The van der Waals surface area contributed by atoms with Crippen LogP contribution in [0.1, 0.15) is 61.4 Å². The van der Waals surface area contributed by atoms with Crippen LogP contribution in [0.5, 0.6) is 0 Å². The Morgan fingerprint density at radius 1 is 1.36 bits per heavy atom. The van der Waals surface area contributed by atoms with Gasteiger partial charge in [0.1, 0.15) is 12.4 Å². The summed E-state index contributed by atoms with van der Waals surface area (Å²) in [6, 6.07) is -0.562. The lowest BCUT2D eigenvalue weighted by molar-refractivity contribution is -0.121. The van der Waals surface area contributed by atoms with E-state index < -0.39 is 12.0 Å². The molecule has 0 aliphatic heterocycles. The fraction of sp³-hybridized carbons (Fsp3) is 0.600. The summed E-state index contributed by atoms with van der Waals surface area (Å²) in [6.07, 6.45) is 2.19. The number of hydrogen-bond donors (Lipinski definition) is 1. The first-order chi connectivity index (χ1) is 11.9. The monoisotopic (exact) mass is 366 g/mol. The molecule has 10 heteroatoms. The van der Waals surface area contributed by atoms with Gasteiger partial charge in [0.05, 0.1) is 7.11 Å². The number of amides is 1. The number of aromatic nitrogens is 5. The maximum Gasteiger partial charge on any atom is 0.357 e. The zero-order valence-electron chi connectivity index (χ0n) is 14.9. The summed E-state index contributed by atoms with van der Waals surface area (Å²) in [7, 11) is 1.31. The molecule has 0 bridgehead atoms. The second-order valence-electron chi connectivity index (χ2n) is 5.99. The molecule has 0 spiro atoms. The third-order valence-electron chi connectivity index (χ3n) is 3.89. The number of nitrogens with zero attached hydrogens (tertiary/aromatic N) is 5. The van der Waals surface area contributed by atoms with Gasteiger partial charge in [-0.25, -0.2) is 14.5 Å². The quantitative estimate of drug-likeness (QED) is 0.748. The van der Waals surface area contributed by atoms with Crippen LogP contribution in [0.15, 0.2) is 6.33 Å². The van der Waals surface area contributed by atoms with Crippen LogP contribution in [-0.2, 0) is 9.53 Å². The van der Waals surface area contributed by atoms with Gasteiger partial charge in [0.25, 0.3) is 5.91 Å².